The maximum atomic E-state index is 13.5. The summed E-state index contributed by atoms with van der Waals surface area (Å²) in [7, 11) is 1.83. The van der Waals surface area contributed by atoms with Gasteiger partial charge in [0.1, 0.15) is 11.6 Å². The molecule has 2 nitrogen and oxygen atoms in total. The molecule has 0 heterocycles. The van der Waals surface area contributed by atoms with Gasteiger partial charge < -0.3 is 10.4 Å². The second-order valence-corrected chi connectivity index (χ2v) is 3.87. The summed E-state index contributed by atoms with van der Waals surface area (Å²) >= 11 is 0. The Morgan fingerprint density at radius 3 is 2.79 bits per heavy atom. The minimum absolute atomic E-state index is 0.0794. The highest BCUT2D eigenvalue weighted by Crippen LogP contribution is 2.45. The molecule has 2 rings (SSSR count). The highest BCUT2D eigenvalue weighted by atomic mass is 19.1. The van der Waals surface area contributed by atoms with Gasteiger partial charge in [-0.1, -0.05) is 6.92 Å². The average molecular weight is 195 g/mol. The van der Waals surface area contributed by atoms with Crippen molar-refractivity contribution in [2.24, 2.45) is 0 Å². The van der Waals surface area contributed by atoms with Crippen molar-refractivity contribution < 1.29 is 9.50 Å². The van der Waals surface area contributed by atoms with Crippen LogP contribution in [0.4, 0.5) is 4.39 Å². The van der Waals surface area contributed by atoms with Crippen LogP contribution in [0, 0.1) is 5.82 Å². The summed E-state index contributed by atoms with van der Waals surface area (Å²) in [6.07, 6.45) is 0.848. The minimum Gasteiger partial charge on any atom is -0.508 e. The molecule has 0 aliphatic heterocycles. The smallest absolute Gasteiger partial charge is 0.127 e. The standard InChI is InChI=1S/C11H14FNO/c1-6-5-8(13-2)11-9(14)4-3-7(12)10(6)11/h3-4,6,8,13-14H,5H2,1-2H3. The van der Waals surface area contributed by atoms with Crippen LogP contribution >= 0.6 is 0 Å². The lowest BCUT2D eigenvalue weighted by Gasteiger charge is -2.11. The Hall–Kier alpha value is -1.09. The minimum atomic E-state index is -0.206. The largest absolute Gasteiger partial charge is 0.508 e. The Labute approximate surface area is 82.8 Å². The predicted octanol–water partition coefficient (Wildman–Crippen LogP) is 2.30. The van der Waals surface area contributed by atoms with E-state index in [4.69, 9.17) is 0 Å². The first-order chi connectivity index (χ1) is 6.65. The fraction of sp³-hybridized carbons (Fsp3) is 0.455. The molecule has 0 amide bonds. The van der Waals surface area contributed by atoms with E-state index in [0.29, 0.717) is 5.56 Å². The van der Waals surface area contributed by atoms with Gasteiger partial charge >= 0.3 is 0 Å². The van der Waals surface area contributed by atoms with Gasteiger partial charge in [-0.05, 0) is 37.1 Å². The van der Waals surface area contributed by atoms with Crippen LogP contribution in [0.25, 0.3) is 0 Å². The zero-order valence-corrected chi connectivity index (χ0v) is 8.34. The number of phenolic OH excluding ortho intramolecular Hbond substituents is 1. The van der Waals surface area contributed by atoms with E-state index < -0.39 is 0 Å². The molecular formula is C11H14FNO. The van der Waals surface area contributed by atoms with E-state index in [1.54, 1.807) is 0 Å². The summed E-state index contributed by atoms with van der Waals surface area (Å²) in [5.41, 5.74) is 1.41. The Bertz CT molecular complexity index is 365. The number of rotatable bonds is 1. The molecule has 14 heavy (non-hydrogen) atoms. The molecule has 2 atom stereocenters. The molecular weight excluding hydrogens is 181 g/mol. The van der Waals surface area contributed by atoms with Crippen molar-refractivity contribution in [1.82, 2.24) is 5.32 Å². The molecule has 0 saturated carbocycles. The number of hydrogen-bond acceptors (Lipinski definition) is 2. The molecule has 76 valence electrons. The van der Waals surface area contributed by atoms with E-state index in [2.05, 4.69) is 5.32 Å². The maximum Gasteiger partial charge on any atom is 0.127 e. The molecule has 1 aromatic carbocycles. The number of benzene rings is 1. The van der Waals surface area contributed by atoms with E-state index in [-0.39, 0.29) is 23.5 Å². The van der Waals surface area contributed by atoms with Gasteiger partial charge in [0.2, 0.25) is 0 Å². The first-order valence-corrected chi connectivity index (χ1v) is 4.83. The number of hydrogen-bond donors (Lipinski definition) is 2. The van der Waals surface area contributed by atoms with Crippen LogP contribution in [0.5, 0.6) is 5.75 Å². The molecule has 0 bridgehead atoms. The van der Waals surface area contributed by atoms with Gasteiger partial charge in [0.25, 0.3) is 0 Å². The van der Waals surface area contributed by atoms with Gasteiger partial charge in [0.15, 0.2) is 0 Å². The fourth-order valence-corrected chi connectivity index (χ4v) is 2.32. The predicted molar refractivity (Wildman–Crippen MR) is 52.9 cm³/mol. The third kappa shape index (κ3) is 1.20. The zero-order chi connectivity index (χ0) is 10.3. The third-order valence-corrected chi connectivity index (χ3v) is 2.99. The highest BCUT2D eigenvalue weighted by Gasteiger charge is 2.32. The second kappa shape index (κ2) is 3.24. The molecule has 2 unspecified atom stereocenters. The van der Waals surface area contributed by atoms with Crippen LogP contribution in [0.2, 0.25) is 0 Å². The van der Waals surface area contributed by atoms with E-state index in [9.17, 15) is 9.50 Å². The van der Waals surface area contributed by atoms with Crippen molar-refractivity contribution in [3.63, 3.8) is 0 Å². The Balaban J connectivity index is 2.60. The topological polar surface area (TPSA) is 32.3 Å². The molecule has 0 radical (unpaired) electrons. The lowest BCUT2D eigenvalue weighted by atomic mass is 10.0. The van der Waals surface area contributed by atoms with E-state index in [1.807, 2.05) is 14.0 Å². The third-order valence-electron chi connectivity index (χ3n) is 2.99. The molecule has 0 fully saturated rings. The van der Waals surface area contributed by atoms with E-state index in [0.717, 1.165) is 12.0 Å². The Morgan fingerprint density at radius 1 is 1.43 bits per heavy atom. The number of phenols is 1. The molecule has 3 heteroatoms. The SMILES string of the molecule is CNC1CC(C)c2c(F)ccc(O)c21. The van der Waals surface area contributed by atoms with Crippen LogP contribution in [0.15, 0.2) is 12.1 Å². The Kier molecular flexibility index (Phi) is 2.19. The summed E-state index contributed by atoms with van der Waals surface area (Å²) in [4.78, 5) is 0. The zero-order valence-electron chi connectivity index (χ0n) is 8.34. The number of fused-ring (bicyclic) bond motifs is 1. The van der Waals surface area contributed by atoms with Crippen LogP contribution in [-0.4, -0.2) is 12.2 Å². The summed E-state index contributed by atoms with van der Waals surface area (Å²) in [6, 6.07) is 2.84. The number of aromatic hydroxyl groups is 1. The monoisotopic (exact) mass is 195 g/mol. The molecule has 0 spiro atoms. The molecule has 1 aliphatic carbocycles. The number of halogens is 1. The van der Waals surface area contributed by atoms with Crippen molar-refractivity contribution in [3.8, 4) is 5.75 Å². The van der Waals surface area contributed by atoms with Gasteiger partial charge in [-0.3, -0.25) is 0 Å². The molecule has 1 aliphatic rings. The van der Waals surface area contributed by atoms with Crippen LogP contribution in [0.1, 0.15) is 36.4 Å². The van der Waals surface area contributed by atoms with E-state index >= 15 is 0 Å². The molecule has 0 saturated heterocycles. The van der Waals surface area contributed by atoms with Crippen molar-refractivity contribution >= 4 is 0 Å². The average Bonchev–Trinajstić information content (AvgIpc) is 2.50. The van der Waals surface area contributed by atoms with Gasteiger partial charge in [-0.25, -0.2) is 4.39 Å². The second-order valence-electron chi connectivity index (χ2n) is 3.87. The van der Waals surface area contributed by atoms with Crippen LogP contribution in [0.3, 0.4) is 0 Å². The van der Waals surface area contributed by atoms with Crippen LogP contribution in [-0.2, 0) is 0 Å². The van der Waals surface area contributed by atoms with Gasteiger partial charge in [0, 0.05) is 11.6 Å². The van der Waals surface area contributed by atoms with Gasteiger partial charge in [0.05, 0.1) is 0 Å². The lowest BCUT2D eigenvalue weighted by Crippen LogP contribution is -2.13. The first kappa shape index (κ1) is 9.46. The van der Waals surface area contributed by atoms with Gasteiger partial charge in [-0.15, -0.1) is 0 Å². The maximum absolute atomic E-state index is 13.5. The number of nitrogens with one attached hydrogen (secondary N) is 1. The van der Waals surface area contributed by atoms with Crippen molar-refractivity contribution in [2.75, 3.05) is 7.05 Å². The summed E-state index contributed by atoms with van der Waals surface area (Å²) in [5, 5.41) is 12.8. The van der Waals surface area contributed by atoms with Crippen molar-refractivity contribution in [1.29, 1.82) is 0 Å². The summed E-state index contributed by atoms with van der Waals surface area (Å²) in [5.74, 6) is 0.169. The van der Waals surface area contributed by atoms with Crippen molar-refractivity contribution in [2.45, 2.75) is 25.3 Å². The lowest BCUT2D eigenvalue weighted by molar-refractivity contribution is 0.453. The normalized spacial score (nSPS) is 25.1. The highest BCUT2D eigenvalue weighted by molar-refractivity contribution is 5.47. The summed E-state index contributed by atoms with van der Waals surface area (Å²) < 4.78 is 13.5. The van der Waals surface area contributed by atoms with Gasteiger partial charge in [-0.2, -0.15) is 0 Å². The van der Waals surface area contributed by atoms with E-state index in [1.165, 1.54) is 12.1 Å². The Morgan fingerprint density at radius 2 is 2.14 bits per heavy atom. The quantitative estimate of drug-likeness (QED) is 0.720. The van der Waals surface area contributed by atoms with Crippen LogP contribution < -0.4 is 5.32 Å². The molecule has 1 aromatic rings. The summed E-state index contributed by atoms with van der Waals surface area (Å²) in [6.45, 7) is 1.98. The molecule has 0 aromatic heterocycles. The first-order valence-electron chi connectivity index (χ1n) is 4.83. The molecule has 2 N–H and O–H groups in total. The fourth-order valence-electron chi connectivity index (χ4n) is 2.32. The van der Waals surface area contributed by atoms with Crippen molar-refractivity contribution in [3.05, 3.63) is 29.1 Å².